The first-order chi connectivity index (χ1) is 10.1. The Balaban J connectivity index is 2.69. The summed E-state index contributed by atoms with van der Waals surface area (Å²) in [5.41, 5.74) is 3.46. The third-order valence-corrected chi connectivity index (χ3v) is 3.71. The van der Waals surface area contributed by atoms with Crippen LogP contribution in [0.2, 0.25) is 0 Å². The van der Waals surface area contributed by atoms with Crippen LogP contribution in [0.5, 0.6) is 5.88 Å². The quantitative estimate of drug-likeness (QED) is 0.673. The average Bonchev–Trinajstić information content (AvgIpc) is 2.46. The second-order valence-corrected chi connectivity index (χ2v) is 5.42. The minimum atomic E-state index is 0.693. The van der Waals surface area contributed by atoms with E-state index in [0.29, 0.717) is 6.61 Å². The van der Waals surface area contributed by atoms with Crippen LogP contribution in [-0.2, 0) is 6.54 Å². The van der Waals surface area contributed by atoms with Crippen molar-refractivity contribution in [1.82, 2.24) is 15.2 Å². The van der Waals surface area contributed by atoms with Gasteiger partial charge < -0.3 is 15.0 Å². The highest BCUT2D eigenvalue weighted by Crippen LogP contribution is 2.21. The molecular weight excluding hydrogens is 262 g/mol. The van der Waals surface area contributed by atoms with Gasteiger partial charge >= 0.3 is 0 Å². The van der Waals surface area contributed by atoms with Crippen LogP contribution in [0.4, 0.5) is 0 Å². The number of nitrogens with one attached hydrogen (secondary N) is 1. The summed E-state index contributed by atoms with van der Waals surface area (Å²) in [6, 6.07) is 2.13. The minimum absolute atomic E-state index is 0.693. The van der Waals surface area contributed by atoms with Crippen LogP contribution in [0.15, 0.2) is 6.07 Å². The Labute approximate surface area is 129 Å². The monoisotopic (exact) mass is 293 g/mol. The van der Waals surface area contributed by atoms with Gasteiger partial charge in [0, 0.05) is 24.3 Å². The van der Waals surface area contributed by atoms with Gasteiger partial charge in [0.2, 0.25) is 5.88 Å². The Morgan fingerprint density at radius 2 is 1.90 bits per heavy atom. The predicted octanol–water partition coefficient (Wildman–Crippen LogP) is 2.92. The van der Waals surface area contributed by atoms with E-state index < -0.39 is 0 Å². The zero-order valence-electron chi connectivity index (χ0n) is 14.3. The summed E-state index contributed by atoms with van der Waals surface area (Å²) in [5.74, 6) is 0.795. The molecule has 1 heterocycles. The molecule has 0 saturated heterocycles. The zero-order chi connectivity index (χ0) is 15.7. The molecular formula is C17H31N3O. The second-order valence-electron chi connectivity index (χ2n) is 5.42. The summed E-state index contributed by atoms with van der Waals surface area (Å²) in [7, 11) is 0. The summed E-state index contributed by atoms with van der Waals surface area (Å²) in [6.45, 7) is 16.3. The molecule has 0 saturated carbocycles. The van der Waals surface area contributed by atoms with Crippen LogP contribution in [0.3, 0.4) is 0 Å². The van der Waals surface area contributed by atoms with E-state index in [1.165, 1.54) is 11.1 Å². The molecule has 0 radical (unpaired) electrons. The largest absolute Gasteiger partial charge is 0.476 e. The minimum Gasteiger partial charge on any atom is -0.476 e. The first-order valence-corrected chi connectivity index (χ1v) is 8.15. The van der Waals surface area contributed by atoms with Gasteiger partial charge in [0.1, 0.15) is 6.61 Å². The first kappa shape index (κ1) is 17.9. The maximum absolute atomic E-state index is 5.97. The molecule has 1 aromatic heterocycles. The molecule has 4 nitrogen and oxygen atoms in total. The van der Waals surface area contributed by atoms with E-state index in [1.807, 2.05) is 6.92 Å². The molecule has 0 aliphatic rings. The summed E-state index contributed by atoms with van der Waals surface area (Å²) in [4.78, 5) is 6.94. The van der Waals surface area contributed by atoms with Gasteiger partial charge in [0.25, 0.3) is 0 Å². The number of rotatable bonds is 10. The molecule has 120 valence electrons. The van der Waals surface area contributed by atoms with E-state index in [9.17, 15) is 0 Å². The summed E-state index contributed by atoms with van der Waals surface area (Å²) >= 11 is 0. The molecule has 0 fully saturated rings. The Morgan fingerprint density at radius 3 is 2.52 bits per heavy atom. The van der Waals surface area contributed by atoms with Crippen LogP contribution < -0.4 is 10.1 Å². The number of likely N-dealkylation sites (N-methyl/N-ethyl adjacent to an activating group) is 1. The van der Waals surface area contributed by atoms with Crippen molar-refractivity contribution in [2.45, 2.75) is 47.6 Å². The van der Waals surface area contributed by atoms with Crippen LogP contribution in [0.1, 0.15) is 44.0 Å². The van der Waals surface area contributed by atoms with Gasteiger partial charge in [0.15, 0.2) is 0 Å². The van der Waals surface area contributed by atoms with Crippen LogP contribution in [0.25, 0.3) is 0 Å². The number of nitrogens with zero attached hydrogens (tertiary/aromatic N) is 2. The van der Waals surface area contributed by atoms with Gasteiger partial charge in [0.05, 0.1) is 0 Å². The van der Waals surface area contributed by atoms with Crippen molar-refractivity contribution in [2.75, 3.05) is 32.8 Å². The van der Waals surface area contributed by atoms with Gasteiger partial charge in [-0.25, -0.2) is 4.98 Å². The molecule has 1 N–H and O–H groups in total. The lowest BCUT2D eigenvalue weighted by atomic mass is 10.1. The molecule has 0 atom stereocenters. The van der Waals surface area contributed by atoms with Crippen LogP contribution in [-0.4, -0.2) is 42.7 Å². The highest BCUT2D eigenvalue weighted by molar-refractivity contribution is 5.35. The van der Waals surface area contributed by atoms with E-state index in [2.05, 4.69) is 49.0 Å². The molecule has 21 heavy (non-hydrogen) atoms. The van der Waals surface area contributed by atoms with Gasteiger partial charge in [-0.3, -0.25) is 0 Å². The third-order valence-electron chi connectivity index (χ3n) is 3.71. The fourth-order valence-corrected chi connectivity index (χ4v) is 2.36. The Morgan fingerprint density at radius 1 is 1.19 bits per heavy atom. The summed E-state index contributed by atoms with van der Waals surface area (Å²) in [6.07, 6.45) is 1.14. The highest BCUT2D eigenvalue weighted by atomic mass is 16.5. The molecule has 0 aliphatic heterocycles. The van der Waals surface area contributed by atoms with Crippen molar-refractivity contribution in [3.05, 3.63) is 22.9 Å². The number of aryl methyl sites for hydroxylation is 2. The number of pyridine rings is 1. The fraction of sp³-hybridized carbons (Fsp3) is 0.706. The molecule has 0 bridgehead atoms. The molecule has 1 aromatic rings. The first-order valence-electron chi connectivity index (χ1n) is 8.15. The van der Waals surface area contributed by atoms with Crippen LogP contribution in [0, 0.1) is 13.8 Å². The van der Waals surface area contributed by atoms with Gasteiger partial charge in [-0.1, -0.05) is 20.8 Å². The van der Waals surface area contributed by atoms with E-state index in [1.54, 1.807) is 0 Å². The molecule has 0 unspecified atom stereocenters. The summed E-state index contributed by atoms with van der Waals surface area (Å²) < 4.78 is 5.97. The van der Waals surface area contributed by atoms with Gasteiger partial charge in [-0.15, -0.1) is 0 Å². The van der Waals surface area contributed by atoms with Gasteiger partial charge in [-0.05, 0) is 51.5 Å². The Kier molecular flexibility index (Phi) is 8.31. The highest BCUT2D eigenvalue weighted by Gasteiger charge is 2.10. The lowest BCUT2D eigenvalue weighted by molar-refractivity contribution is 0.216. The zero-order valence-corrected chi connectivity index (χ0v) is 14.3. The van der Waals surface area contributed by atoms with Crippen molar-refractivity contribution < 1.29 is 4.74 Å². The third kappa shape index (κ3) is 6.02. The maximum atomic E-state index is 5.97. The van der Waals surface area contributed by atoms with Crippen molar-refractivity contribution >= 4 is 0 Å². The number of hydrogen-bond acceptors (Lipinski definition) is 4. The second kappa shape index (κ2) is 9.74. The maximum Gasteiger partial charge on any atom is 0.218 e. The van der Waals surface area contributed by atoms with E-state index in [4.69, 9.17) is 4.74 Å². The Hall–Kier alpha value is -1.13. The number of hydrogen-bond donors (Lipinski definition) is 1. The van der Waals surface area contributed by atoms with Crippen molar-refractivity contribution in [2.24, 2.45) is 0 Å². The molecule has 1 rings (SSSR count). The average molecular weight is 293 g/mol. The smallest absolute Gasteiger partial charge is 0.218 e. The van der Waals surface area contributed by atoms with E-state index in [-0.39, 0.29) is 0 Å². The molecule has 0 spiro atoms. The lowest BCUT2D eigenvalue weighted by Gasteiger charge is -2.19. The number of ether oxygens (including phenoxy) is 1. The van der Waals surface area contributed by atoms with E-state index >= 15 is 0 Å². The van der Waals surface area contributed by atoms with Crippen molar-refractivity contribution in [1.29, 1.82) is 0 Å². The number of aromatic nitrogens is 1. The predicted molar refractivity (Wildman–Crippen MR) is 89.0 cm³/mol. The van der Waals surface area contributed by atoms with Gasteiger partial charge in [-0.2, -0.15) is 0 Å². The topological polar surface area (TPSA) is 37.4 Å². The SMILES string of the molecule is CCCNCc1c(C)cc(C)nc1OCCN(CC)CC. The molecule has 0 amide bonds. The van der Waals surface area contributed by atoms with Crippen molar-refractivity contribution in [3.8, 4) is 5.88 Å². The fourth-order valence-electron chi connectivity index (χ4n) is 2.36. The molecule has 0 aromatic carbocycles. The van der Waals surface area contributed by atoms with E-state index in [0.717, 1.165) is 50.7 Å². The standard InChI is InChI=1S/C17H31N3O/c1-6-9-18-13-16-14(4)12-15(5)19-17(16)21-11-10-20(7-2)8-3/h12,18H,6-11,13H2,1-5H3. The van der Waals surface area contributed by atoms with Crippen LogP contribution >= 0.6 is 0 Å². The molecule has 0 aliphatic carbocycles. The molecule has 4 heteroatoms. The Bertz CT molecular complexity index is 417. The lowest BCUT2D eigenvalue weighted by Crippen LogP contribution is -2.28. The normalized spacial score (nSPS) is 11.1. The summed E-state index contributed by atoms with van der Waals surface area (Å²) in [5, 5.41) is 3.44. The van der Waals surface area contributed by atoms with Crippen molar-refractivity contribution in [3.63, 3.8) is 0 Å².